The largest absolute Gasteiger partial charge is 0.395 e. The van der Waals surface area contributed by atoms with Crippen molar-refractivity contribution in [3.63, 3.8) is 0 Å². The van der Waals surface area contributed by atoms with E-state index in [4.69, 9.17) is 10.8 Å². The van der Waals surface area contributed by atoms with Crippen LogP contribution >= 0.6 is 27.3 Å². The Morgan fingerprint density at radius 1 is 1.67 bits per heavy atom. The van der Waals surface area contributed by atoms with Gasteiger partial charge in [0, 0.05) is 12.6 Å². The first-order valence-corrected chi connectivity index (χ1v) is 5.19. The van der Waals surface area contributed by atoms with Gasteiger partial charge in [-0.05, 0) is 28.1 Å². The van der Waals surface area contributed by atoms with Crippen LogP contribution in [0.3, 0.4) is 0 Å². The molecule has 0 fully saturated rings. The molecule has 0 aliphatic rings. The summed E-state index contributed by atoms with van der Waals surface area (Å²) < 4.78 is 1.09. The molecule has 0 saturated carbocycles. The maximum absolute atomic E-state index is 8.65. The van der Waals surface area contributed by atoms with E-state index in [0.29, 0.717) is 6.54 Å². The van der Waals surface area contributed by atoms with Crippen molar-refractivity contribution in [2.75, 3.05) is 18.5 Å². The van der Waals surface area contributed by atoms with Gasteiger partial charge >= 0.3 is 0 Å². The van der Waals surface area contributed by atoms with Crippen LogP contribution < -0.4 is 11.1 Å². The highest BCUT2D eigenvalue weighted by atomic mass is 79.9. The molecule has 1 atom stereocenters. The number of aliphatic hydroxyl groups is 1. The Bertz CT molecular complexity index is 241. The second-order valence-corrected chi connectivity index (χ2v) is 4.89. The molecule has 0 radical (unpaired) electrons. The summed E-state index contributed by atoms with van der Waals surface area (Å²) in [6, 6.07) is 3.75. The first kappa shape index (κ1) is 9.98. The second kappa shape index (κ2) is 4.81. The monoisotopic (exact) mass is 250 g/mol. The third-order valence-corrected chi connectivity index (χ3v) is 2.93. The van der Waals surface area contributed by atoms with Crippen LogP contribution in [0.2, 0.25) is 0 Å². The SMILES string of the molecule is NC(CO)CNc1ccc(Br)s1. The van der Waals surface area contributed by atoms with Crippen molar-refractivity contribution in [1.82, 2.24) is 0 Å². The van der Waals surface area contributed by atoms with Crippen molar-refractivity contribution < 1.29 is 5.11 Å². The van der Waals surface area contributed by atoms with Crippen LogP contribution in [0.5, 0.6) is 0 Å². The van der Waals surface area contributed by atoms with Gasteiger partial charge in [0.2, 0.25) is 0 Å². The Morgan fingerprint density at radius 2 is 2.42 bits per heavy atom. The van der Waals surface area contributed by atoms with Gasteiger partial charge < -0.3 is 16.2 Å². The van der Waals surface area contributed by atoms with Gasteiger partial charge in [0.15, 0.2) is 0 Å². The lowest BCUT2D eigenvalue weighted by Crippen LogP contribution is -2.32. The lowest BCUT2D eigenvalue weighted by Gasteiger charge is -2.08. The lowest BCUT2D eigenvalue weighted by atomic mass is 10.3. The van der Waals surface area contributed by atoms with Crippen molar-refractivity contribution in [3.05, 3.63) is 15.9 Å². The highest BCUT2D eigenvalue weighted by Crippen LogP contribution is 2.26. The summed E-state index contributed by atoms with van der Waals surface area (Å²) in [7, 11) is 0. The molecule has 0 spiro atoms. The molecular weight excluding hydrogens is 240 g/mol. The van der Waals surface area contributed by atoms with E-state index in [1.807, 2.05) is 12.1 Å². The van der Waals surface area contributed by atoms with Crippen molar-refractivity contribution in [2.45, 2.75) is 6.04 Å². The third kappa shape index (κ3) is 3.10. The van der Waals surface area contributed by atoms with Gasteiger partial charge in [-0.25, -0.2) is 0 Å². The van der Waals surface area contributed by atoms with Gasteiger partial charge in [0.05, 0.1) is 15.4 Å². The highest BCUT2D eigenvalue weighted by Gasteiger charge is 2.00. The number of thiophene rings is 1. The fourth-order valence-corrected chi connectivity index (χ4v) is 2.00. The summed E-state index contributed by atoms with van der Waals surface area (Å²) in [6.45, 7) is 0.614. The van der Waals surface area contributed by atoms with E-state index in [-0.39, 0.29) is 12.6 Å². The van der Waals surface area contributed by atoms with Crippen molar-refractivity contribution >= 4 is 32.3 Å². The number of hydrogen-bond donors (Lipinski definition) is 3. The van der Waals surface area contributed by atoms with E-state index in [1.54, 1.807) is 11.3 Å². The maximum Gasteiger partial charge on any atom is 0.0894 e. The van der Waals surface area contributed by atoms with Gasteiger partial charge in [-0.15, -0.1) is 11.3 Å². The van der Waals surface area contributed by atoms with Crippen LogP contribution in [0.25, 0.3) is 0 Å². The van der Waals surface area contributed by atoms with Gasteiger partial charge in [-0.2, -0.15) is 0 Å². The Labute approximate surface area is 83.7 Å². The standard InChI is InChI=1S/C7H11BrN2OS/c8-6-1-2-7(12-6)10-3-5(9)4-11/h1-2,5,10-11H,3-4,9H2. The Balaban J connectivity index is 2.33. The fourth-order valence-electron chi connectivity index (χ4n) is 0.706. The molecule has 0 saturated heterocycles. The third-order valence-electron chi connectivity index (χ3n) is 1.35. The minimum atomic E-state index is -0.189. The van der Waals surface area contributed by atoms with Crippen LogP contribution in [-0.4, -0.2) is 24.3 Å². The molecule has 1 unspecified atom stereocenters. The van der Waals surface area contributed by atoms with Gasteiger partial charge in [0.25, 0.3) is 0 Å². The first-order chi connectivity index (χ1) is 5.72. The molecule has 3 nitrogen and oxygen atoms in total. The molecule has 0 aliphatic carbocycles. The summed E-state index contributed by atoms with van der Waals surface area (Å²) in [5.41, 5.74) is 5.51. The topological polar surface area (TPSA) is 58.3 Å². The van der Waals surface area contributed by atoms with E-state index in [2.05, 4.69) is 21.2 Å². The van der Waals surface area contributed by atoms with Gasteiger partial charge in [-0.3, -0.25) is 0 Å². The molecule has 1 heterocycles. The van der Waals surface area contributed by atoms with E-state index in [1.165, 1.54) is 0 Å². The number of nitrogens with one attached hydrogen (secondary N) is 1. The number of hydrogen-bond acceptors (Lipinski definition) is 4. The molecule has 0 bridgehead atoms. The average Bonchev–Trinajstić information content (AvgIpc) is 2.47. The average molecular weight is 251 g/mol. The molecule has 1 aromatic heterocycles. The van der Waals surface area contributed by atoms with E-state index < -0.39 is 0 Å². The lowest BCUT2D eigenvalue weighted by molar-refractivity contribution is 0.270. The Kier molecular flexibility index (Phi) is 4.00. The molecule has 0 amide bonds. The van der Waals surface area contributed by atoms with Crippen LogP contribution in [0.1, 0.15) is 0 Å². The molecule has 0 aromatic carbocycles. The maximum atomic E-state index is 8.65. The Hall–Kier alpha value is -0.100. The molecule has 0 aliphatic heterocycles. The normalized spacial score (nSPS) is 12.9. The summed E-state index contributed by atoms with van der Waals surface area (Å²) in [5, 5.41) is 12.8. The van der Waals surface area contributed by atoms with Crippen LogP contribution in [0.15, 0.2) is 15.9 Å². The molecule has 68 valence electrons. The zero-order chi connectivity index (χ0) is 8.97. The van der Waals surface area contributed by atoms with Crippen molar-refractivity contribution in [1.29, 1.82) is 0 Å². The number of aliphatic hydroxyl groups excluding tert-OH is 1. The first-order valence-electron chi connectivity index (χ1n) is 3.58. The highest BCUT2D eigenvalue weighted by molar-refractivity contribution is 9.11. The van der Waals surface area contributed by atoms with E-state index >= 15 is 0 Å². The fraction of sp³-hybridized carbons (Fsp3) is 0.429. The number of anilines is 1. The number of nitrogens with two attached hydrogens (primary N) is 1. The Morgan fingerprint density at radius 3 is 2.92 bits per heavy atom. The summed E-state index contributed by atoms with van der Waals surface area (Å²) in [6.07, 6.45) is 0. The quantitative estimate of drug-likeness (QED) is 0.754. The number of rotatable bonds is 4. The van der Waals surface area contributed by atoms with E-state index in [9.17, 15) is 0 Å². The second-order valence-electron chi connectivity index (χ2n) is 2.43. The van der Waals surface area contributed by atoms with Gasteiger partial charge in [0.1, 0.15) is 0 Å². The molecule has 1 rings (SSSR count). The summed E-state index contributed by atoms with van der Waals surface area (Å²) in [4.78, 5) is 0. The summed E-state index contributed by atoms with van der Waals surface area (Å²) >= 11 is 4.96. The van der Waals surface area contributed by atoms with Crippen LogP contribution in [-0.2, 0) is 0 Å². The zero-order valence-corrected chi connectivity index (χ0v) is 8.86. The minimum Gasteiger partial charge on any atom is -0.395 e. The predicted octanol–water partition coefficient (Wildman–Crippen LogP) is 1.24. The molecule has 4 N–H and O–H groups in total. The smallest absolute Gasteiger partial charge is 0.0894 e. The van der Waals surface area contributed by atoms with Crippen molar-refractivity contribution in [3.8, 4) is 0 Å². The summed E-state index contributed by atoms with van der Waals surface area (Å²) in [5.74, 6) is 0. The molecule has 12 heavy (non-hydrogen) atoms. The predicted molar refractivity (Wildman–Crippen MR) is 55.6 cm³/mol. The molecular formula is C7H11BrN2OS. The van der Waals surface area contributed by atoms with Gasteiger partial charge in [-0.1, -0.05) is 0 Å². The minimum absolute atomic E-state index is 0.0134. The van der Waals surface area contributed by atoms with E-state index in [0.717, 1.165) is 8.79 Å². The molecule has 1 aromatic rings. The zero-order valence-electron chi connectivity index (χ0n) is 6.46. The van der Waals surface area contributed by atoms with Crippen LogP contribution in [0, 0.1) is 0 Å². The van der Waals surface area contributed by atoms with Crippen LogP contribution in [0.4, 0.5) is 5.00 Å². The molecule has 5 heteroatoms. The number of halogens is 1. The van der Waals surface area contributed by atoms with Crippen molar-refractivity contribution in [2.24, 2.45) is 5.73 Å².